The van der Waals surface area contributed by atoms with Crippen LogP contribution in [0.3, 0.4) is 0 Å². The van der Waals surface area contributed by atoms with Gasteiger partial charge in [-0.05, 0) is 71.2 Å². The van der Waals surface area contributed by atoms with Gasteiger partial charge in [0.15, 0.2) is 0 Å². The van der Waals surface area contributed by atoms with Gasteiger partial charge in [0.05, 0.1) is 23.5 Å². The van der Waals surface area contributed by atoms with E-state index in [9.17, 15) is 20.6 Å². The van der Waals surface area contributed by atoms with Crippen molar-refractivity contribution in [3.8, 4) is 0 Å². The minimum absolute atomic E-state index is 0.158. The maximum atomic E-state index is 15.1. The lowest BCUT2D eigenvalue weighted by Crippen LogP contribution is -2.50. The lowest BCUT2D eigenvalue weighted by Gasteiger charge is -2.36. The molecular formula is C41H48N4O5. The Labute approximate surface area is 294 Å². The molecule has 0 unspecified atom stereocenters. The number of nitrogens with zero attached hydrogens (tertiary/aromatic N) is 4. The summed E-state index contributed by atoms with van der Waals surface area (Å²) in [5.74, 6) is 0. The highest BCUT2D eigenvalue weighted by molar-refractivity contribution is 6.00. The summed E-state index contributed by atoms with van der Waals surface area (Å²) >= 11 is 0. The fourth-order valence-corrected chi connectivity index (χ4v) is 6.88. The summed E-state index contributed by atoms with van der Waals surface area (Å²) in [5.41, 5.74) is 6.12. The van der Waals surface area contributed by atoms with Crippen molar-refractivity contribution in [1.29, 1.82) is 0 Å². The average molecular weight is 677 g/mol. The van der Waals surface area contributed by atoms with Crippen LogP contribution in [0.15, 0.2) is 120 Å². The molecule has 0 bridgehead atoms. The van der Waals surface area contributed by atoms with Gasteiger partial charge in [-0.3, -0.25) is 0 Å². The first-order valence-corrected chi connectivity index (χ1v) is 17.5. The molecule has 9 nitrogen and oxygen atoms in total. The summed E-state index contributed by atoms with van der Waals surface area (Å²) in [4.78, 5) is 18.5. The van der Waals surface area contributed by atoms with E-state index in [0.29, 0.717) is 37.1 Å². The average Bonchev–Trinajstić information content (AvgIpc) is 3.21. The van der Waals surface area contributed by atoms with Crippen molar-refractivity contribution in [2.75, 3.05) is 0 Å². The van der Waals surface area contributed by atoms with Crippen LogP contribution in [-0.2, 0) is 25.9 Å². The number of carbonyl (C=O) groups is 1. The molecule has 262 valence electrons. The first kappa shape index (κ1) is 36.3. The van der Waals surface area contributed by atoms with Gasteiger partial charge >= 0.3 is 6.03 Å². The second-order valence-electron chi connectivity index (χ2n) is 13.0. The molecule has 4 aromatic rings. The SMILES string of the molecule is CCC/C(=N\O)c1cccc(CN2C(=O)N(Cc3cccc(/C(CCC)=N/O)c3)[C@H](Cc3ccccc3)[C@H](O)[C@@H](O)[C@H]2Cc2ccccc2)c1. The van der Waals surface area contributed by atoms with E-state index in [-0.39, 0.29) is 19.1 Å². The molecule has 4 aromatic carbocycles. The molecule has 0 aliphatic carbocycles. The highest BCUT2D eigenvalue weighted by atomic mass is 16.4. The van der Waals surface area contributed by atoms with Gasteiger partial charge in [-0.15, -0.1) is 0 Å². The lowest BCUT2D eigenvalue weighted by atomic mass is 9.90. The Morgan fingerprint density at radius 3 is 1.32 bits per heavy atom. The number of benzene rings is 4. The summed E-state index contributed by atoms with van der Waals surface area (Å²) < 4.78 is 0. The van der Waals surface area contributed by atoms with Crippen LogP contribution < -0.4 is 0 Å². The van der Waals surface area contributed by atoms with E-state index < -0.39 is 24.3 Å². The monoisotopic (exact) mass is 676 g/mol. The number of oxime groups is 2. The second kappa shape index (κ2) is 17.6. The zero-order valence-corrected chi connectivity index (χ0v) is 28.8. The van der Waals surface area contributed by atoms with E-state index in [1.165, 1.54) is 0 Å². The van der Waals surface area contributed by atoms with Crippen molar-refractivity contribution in [3.05, 3.63) is 143 Å². The first-order chi connectivity index (χ1) is 24.4. The van der Waals surface area contributed by atoms with Crippen LogP contribution >= 0.6 is 0 Å². The molecule has 1 fully saturated rings. The molecule has 4 N–H and O–H groups in total. The molecule has 1 aliphatic heterocycles. The molecule has 2 amide bonds. The number of aliphatic hydroxyl groups is 2. The zero-order chi connectivity index (χ0) is 35.5. The van der Waals surface area contributed by atoms with Crippen molar-refractivity contribution in [2.45, 2.75) is 89.8 Å². The second-order valence-corrected chi connectivity index (χ2v) is 13.0. The molecule has 0 radical (unpaired) electrons. The number of hydrogen-bond acceptors (Lipinski definition) is 7. The standard InChI is InChI=1S/C41H48N4O5/c1-3-13-35(42-49)33-21-11-19-31(23-33)27-44-37(25-29-15-7-5-8-16-29)39(46)40(47)38(26-30-17-9-6-10-18-30)45(41(44)48)28-32-20-12-22-34(24-32)36(43-50)14-4-2/h5-12,15-24,37-40,46-47,49-50H,3-4,13-14,25-28H2,1-2H3/b42-35+,43-36+/t37-,38-,39+,40+/m1/s1. The van der Waals surface area contributed by atoms with Crippen LogP contribution in [0.5, 0.6) is 0 Å². The Kier molecular flexibility index (Phi) is 12.8. The predicted molar refractivity (Wildman–Crippen MR) is 196 cm³/mol. The number of aliphatic hydroxyl groups excluding tert-OH is 2. The van der Waals surface area contributed by atoms with Gasteiger partial charge in [0.2, 0.25) is 0 Å². The molecule has 4 atom stereocenters. The molecule has 5 rings (SSSR count). The maximum Gasteiger partial charge on any atom is 0.321 e. The number of hydrogen-bond donors (Lipinski definition) is 4. The quantitative estimate of drug-likeness (QED) is 0.0648. The zero-order valence-electron chi connectivity index (χ0n) is 28.8. The fourth-order valence-electron chi connectivity index (χ4n) is 6.88. The molecule has 1 aliphatic rings. The van der Waals surface area contributed by atoms with E-state index in [0.717, 1.165) is 46.2 Å². The summed E-state index contributed by atoms with van der Waals surface area (Å²) in [6.07, 6.45) is 0.940. The van der Waals surface area contributed by atoms with E-state index in [1.807, 2.05) is 123 Å². The van der Waals surface area contributed by atoms with Gasteiger partial charge in [-0.2, -0.15) is 0 Å². The first-order valence-electron chi connectivity index (χ1n) is 17.5. The lowest BCUT2D eigenvalue weighted by molar-refractivity contribution is -0.0408. The molecule has 9 heteroatoms. The number of urea groups is 1. The summed E-state index contributed by atoms with van der Waals surface area (Å²) in [6, 6.07) is 32.8. The summed E-state index contributed by atoms with van der Waals surface area (Å²) in [6.45, 7) is 4.35. The smallest absolute Gasteiger partial charge is 0.321 e. The van der Waals surface area contributed by atoms with Gasteiger partial charge in [-0.25, -0.2) is 4.79 Å². The van der Waals surface area contributed by atoms with Crippen LogP contribution in [0.2, 0.25) is 0 Å². The van der Waals surface area contributed by atoms with Crippen molar-refractivity contribution in [3.63, 3.8) is 0 Å². The van der Waals surface area contributed by atoms with Crippen molar-refractivity contribution < 1.29 is 25.4 Å². The molecular weight excluding hydrogens is 628 g/mol. The van der Waals surface area contributed by atoms with Crippen LogP contribution in [-0.4, -0.2) is 72.2 Å². The minimum Gasteiger partial charge on any atom is -0.411 e. The van der Waals surface area contributed by atoms with Crippen molar-refractivity contribution in [1.82, 2.24) is 9.80 Å². The molecule has 1 saturated heterocycles. The van der Waals surface area contributed by atoms with Gasteiger partial charge in [0.25, 0.3) is 0 Å². The molecule has 0 aromatic heterocycles. The molecule has 50 heavy (non-hydrogen) atoms. The third kappa shape index (κ3) is 8.77. The van der Waals surface area contributed by atoms with Gasteiger partial charge in [0, 0.05) is 13.1 Å². The van der Waals surface area contributed by atoms with Crippen LogP contribution in [0.4, 0.5) is 4.79 Å². The minimum atomic E-state index is -1.26. The largest absolute Gasteiger partial charge is 0.411 e. The fraction of sp³-hybridized carbons (Fsp3) is 0.341. The highest BCUT2D eigenvalue weighted by Gasteiger charge is 2.46. The number of carbonyl (C=O) groups excluding carboxylic acids is 1. The Morgan fingerprint density at radius 1 is 0.580 bits per heavy atom. The van der Waals surface area contributed by atoms with Crippen LogP contribution in [0, 0.1) is 0 Å². The molecule has 0 spiro atoms. The van der Waals surface area contributed by atoms with Crippen molar-refractivity contribution >= 4 is 17.5 Å². The van der Waals surface area contributed by atoms with Crippen LogP contribution in [0.25, 0.3) is 0 Å². The molecule has 1 heterocycles. The topological polar surface area (TPSA) is 129 Å². The maximum absolute atomic E-state index is 15.1. The highest BCUT2D eigenvalue weighted by Crippen LogP contribution is 2.30. The normalized spacial score (nSPS) is 20.2. The Morgan fingerprint density at radius 2 is 0.960 bits per heavy atom. The third-order valence-corrected chi connectivity index (χ3v) is 9.45. The number of amides is 2. The number of rotatable bonds is 14. The van der Waals surface area contributed by atoms with E-state index in [4.69, 9.17) is 0 Å². The Balaban J connectivity index is 1.60. The summed E-state index contributed by atoms with van der Waals surface area (Å²) in [7, 11) is 0. The van der Waals surface area contributed by atoms with Gasteiger partial charge in [0.1, 0.15) is 12.2 Å². The Bertz CT molecular complexity index is 1620. The van der Waals surface area contributed by atoms with E-state index >= 15 is 4.79 Å². The van der Waals surface area contributed by atoms with Gasteiger partial charge in [-0.1, -0.05) is 134 Å². The van der Waals surface area contributed by atoms with Gasteiger partial charge < -0.3 is 30.4 Å². The van der Waals surface area contributed by atoms with Crippen LogP contribution in [0.1, 0.15) is 72.9 Å². The summed E-state index contributed by atoms with van der Waals surface area (Å²) in [5, 5.41) is 50.7. The van der Waals surface area contributed by atoms with E-state index in [1.54, 1.807) is 9.80 Å². The predicted octanol–water partition coefficient (Wildman–Crippen LogP) is 7.03. The van der Waals surface area contributed by atoms with E-state index in [2.05, 4.69) is 10.3 Å². The Hall–Kier alpha value is -4.99. The van der Waals surface area contributed by atoms with Crippen molar-refractivity contribution in [2.24, 2.45) is 10.3 Å². The molecule has 0 saturated carbocycles. The third-order valence-electron chi connectivity index (χ3n) is 9.45.